The number of nitrogens with one attached hydrogen (secondary N) is 1. The predicted octanol–water partition coefficient (Wildman–Crippen LogP) is 4.37. The molecule has 0 saturated carbocycles. The van der Waals surface area contributed by atoms with E-state index in [4.69, 9.17) is 4.74 Å². The summed E-state index contributed by atoms with van der Waals surface area (Å²) in [5.41, 5.74) is 1.67. The van der Waals surface area contributed by atoms with Gasteiger partial charge in [-0.3, -0.25) is 4.79 Å². The van der Waals surface area contributed by atoms with Gasteiger partial charge in [-0.05, 0) is 42.5 Å². The lowest BCUT2D eigenvalue weighted by molar-refractivity contribution is 0.0945. The first kappa shape index (κ1) is 18.3. The van der Waals surface area contributed by atoms with Gasteiger partial charge in [-0.1, -0.05) is 39.2 Å². The Morgan fingerprint density at radius 2 is 2.18 bits per heavy atom. The van der Waals surface area contributed by atoms with Crippen molar-refractivity contribution in [2.24, 2.45) is 5.92 Å². The number of benzene rings is 1. The van der Waals surface area contributed by atoms with E-state index in [0.29, 0.717) is 17.9 Å². The Labute approximate surface area is 134 Å². The van der Waals surface area contributed by atoms with Crippen molar-refractivity contribution in [2.75, 3.05) is 13.7 Å². The number of carbonyl (C=O) groups excluding carboxylic acids is 1. The molecule has 1 unspecified atom stereocenters. The van der Waals surface area contributed by atoms with Crippen molar-refractivity contribution in [1.82, 2.24) is 5.32 Å². The standard InChI is InChI=1S/C19H29NO2/c1-5-8-10-15(7-3)14-20-19(21)17-11-12-18(22-4)16(13-17)9-6-2/h6,11-13,15H,2,5,7-10,14H2,1,3-4H3,(H,20,21). The number of hydrogen-bond donors (Lipinski definition) is 1. The Morgan fingerprint density at radius 1 is 1.41 bits per heavy atom. The molecule has 0 saturated heterocycles. The van der Waals surface area contributed by atoms with Crippen LogP contribution >= 0.6 is 0 Å². The summed E-state index contributed by atoms with van der Waals surface area (Å²) < 4.78 is 5.31. The van der Waals surface area contributed by atoms with Crippen molar-refractivity contribution in [3.63, 3.8) is 0 Å². The maximum atomic E-state index is 12.3. The highest BCUT2D eigenvalue weighted by Gasteiger charge is 2.12. The summed E-state index contributed by atoms with van der Waals surface area (Å²) in [7, 11) is 1.64. The van der Waals surface area contributed by atoms with Crippen molar-refractivity contribution in [3.8, 4) is 5.75 Å². The normalized spacial score (nSPS) is 11.8. The Morgan fingerprint density at radius 3 is 2.77 bits per heavy atom. The fourth-order valence-corrected chi connectivity index (χ4v) is 2.52. The van der Waals surface area contributed by atoms with Gasteiger partial charge in [0.05, 0.1) is 7.11 Å². The Balaban J connectivity index is 2.68. The first-order chi connectivity index (χ1) is 10.7. The van der Waals surface area contributed by atoms with Gasteiger partial charge in [-0.25, -0.2) is 0 Å². The van der Waals surface area contributed by atoms with Crippen LogP contribution in [0.3, 0.4) is 0 Å². The van der Waals surface area contributed by atoms with E-state index < -0.39 is 0 Å². The van der Waals surface area contributed by atoms with Crippen LogP contribution < -0.4 is 10.1 Å². The third kappa shape index (κ3) is 5.55. The fraction of sp³-hybridized carbons (Fsp3) is 0.526. The SMILES string of the molecule is C=CCc1cc(C(=O)NCC(CC)CCCC)ccc1OC. The summed E-state index contributed by atoms with van der Waals surface area (Å²) in [5.74, 6) is 1.35. The fourth-order valence-electron chi connectivity index (χ4n) is 2.52. The van der Waals surface area contributed by atoms with Crippen LogP contribution in [-0.2, 0) is 6.42 Å². The molecule has 1 N–H and O–H groups in total. The molecular formula is C19H29NO2. The van der Waals surface area contributed by atoms with Gasteiger partial charge in [0.15, 0.2) is 0 Å². The zero-order valence-electron chi connectivity index (χ0n) is 14.2. The van der Waals surface area contributed by atoms with Crippen LogP contribution in [0.5, 0.6) is 5.75 Å². The highest BCUT2D eigenvalue weighted by molar-refractivity contribution is 5.94. The Hall–Kier alpha value is -1.77. The minimum atomic E-state index is -0.0112. The highest BCUT2D eigenvalue weighted by Crippen LogP contribution is 2.21. The molecular weight excluding hydrogens is 274 g/mol. The summed E-state index contributed by atoms with van der Waals surface area (Å²) in [5, 5.41) is 3.06. The van der Waals surface area contributed by atoms with Gasteiger partial charge in [0.25, 0.3) is 5.91 Å². The number of rotatable bonds is 10. The average Bonchev–Trinajstić information content (AvgIpc) is 2.55. The second-order valence-electron chi connectivity index (χ2n) is 5.65. The van der Waals surface area contributed by atoms with Crippen molar-refractivity contribution < 1.29 is 9.53 Å². The second-order valence-corrected chi connectivity index (χ2v) is 5.65. The van der Waals surface area contributed by atoms with Gasteiger partial charge in [0.2, 0.25) is 0 Å². The summed E-state index contributed by atoms with van der Waals surface area (Å²) in [6.07, 6.45) is 7.21. The molecule has 122 valence electrons. The number of unbranched alkanes of at least 4 members (excludes halogenated alkanes) is 1. The number of carbonyl (C=O) groups is 1. The Kier molecular flexibility index (Phi) is 8.34. The topological polar surface area (TPSA) is 38.3 Å². The van der Waals surface area contributed by atoms with Crippen LogP contribution in [0.2, 0.25) is 0 Å². The average molecular weight is 303 g/mol. The third-order valence-corrected chi connectivity index (χ3v) is 4.00. The molecule has 0 bridgehead atoms. The minimum absolute atomic E-state index is 0.0112. The van der Waals surface area contributed by atoms with Crippen LogP contribution in [-0.4, -0.2) is 19.6 Å². The minimum Gasteiger partial charge on any atom is -0.496 e. The smallest absolute Gasteiger partial charge is 0.251 e. The monoisotopic (exact) mass is 303 g/mol. The van der Waals surface area contributed by atoms with E-state index in [2.05, 4.69) is 25.7 Å². The second kappa shape index (κ2) is 10.0. The van der Waals surface area contributed by atoms with E-state index in [1.165, 1.54) is 19.3 Å². The van der Waals surface area contributed by atoms with E-state index in [1.807, 2.05) is 24.3 Å². The number of methoxy groups -OCH3 is 1. The van der Waals surface area contributed by atoms with Crippen LogP contribution in [0.25, 0.3) is 0 Å². The van der Waals surface area contributed by atoms with Gasteiger partial charge >= 0.3 is 0 Å². The first-order valence-electron chi connectivity index (χ1n) is 8.22. The Bertz CT molecular complexity index is 482. The summed E-state index contributed by atoms with van der Waals surface area (Å²) >= 11 is 0. The van der Waals surface area contributed by atoms with Crippen molar-refractivity contribution >= 4 is 5.91 Å². The lowest BCUT2D eigenvalue weighted by atomic mass is 9.99. The number of allylic oxidation sites excluding steroid dienone is 1. The molecule has 3 nitrogen and oxygen atoms in total. The van der Waals surface area contributed by atoms with Crippen molar-refractivity contribution in [2.45, 2.75) is 46.0 Å². The molecule has 0 spiro atoms. The molecule has 0 aliphatic rings. The maximum Gasteiger partial charge on any atom is 0.251 e. The zero-order chi connectivity index (χ0) is 16.4. The number of hydrogen-bond acceptors (Lipinski definition) is 2. The van der Waals surface area contributed by atoms with Crippen LogP contribution in [0, 0.1) is 5.92 Å². The summed E-state index contributed by atoms with van der Waals surface area (Å²) in [4.78, 5) is 12.3. The largest absolute Gasteiger partial charge is 0.496 e. The molecule has 1 aromatic rings. The van der Waals surface area contributed by atoms with E-state index >= 15 is 0 Å². The van der Waals surface area contributed by atoms with Gasteiger partial charge in [0, 0.05) is 12.1 Å². The van der Waals surface area contributed by atoms with Crippen molar-refractivity contribution in [3.05, 3.63) is 42.0 Å². The van der Waals surface area contributed by atoms with Crippen LogP contribution in [0.15, 0.2) is 30.9 Å². The zero-order valence-corrected chi connectivity index (χ0v) is 14.2. The molecule has 0 aliphatic heterocycles. The van der Waals surface area contributed by atoms with E-state index in [1.54, 1.807) is 7.11 Å². The molecule has 1 rings (SSSR count). The molecule has 0 heterocycles. The molecule has 1 aromatic carbocycles. The molecule has 0 aromatic heterocycles. The lowest BCUT2D eigenvalue weighted by Crippen LogP contribution is -2.29. The molecule has 0 fully saturated rings. The predicted molar refractivity (Wildman–Crippen MR) is 92.5 cm³/mol. The van der Waals surface area contributed by atoms with Crippen LogP contribution in [0.1, 0.15) is 55.5 Å². The highest BCUT2D eigenvalue weighted by atomic mass is 16.5. The number of amides is 1. The van der Waals surface area contributed by atoms with Gasteiger partial charge in [-0.15, -0.1) is 6.58 Å². The quantitative estimate of drug-likeness (QED) is 0.652. The molecule has 1 atom stereocenters. The lowest BCUT2D eigenvalue weighted by Gasteiger charge is -2.16. The maximum absolute atomic E-state index is 12.3. The summed E-state index contributed by atoms with van der Waals surface area (Å²) in [6.45, 7) is 8.88. The molecule has 0 aliphatic carbocycles. The van der Waals surface area contributed by atoms with Gasteiger partial charge < -0.3 is 10.1 Å². The molecule has 1 amide bonds. The van der Waals surface area contributed by atoms with E-state index in [-0.39, 0.29) is 5.91 Å². The number of ether oxygens (including phenoxy) is 1. The van der Waals surface area contributed by atoms with E-state index in [0.717, 1.165) is 24.3 Å². The van der Waals surface area contributed by atoms with Crippen molar-refractivity contribution in [1.29, 1.82) is 0 Å². The molecule has 0 radical (unpaired) electrons. The van der Waals surface area contributed by atoms with Gasteiger partial charge in [0.1, 0.15) is 5.75 Å². The summed E-state index contributed by atoms with van der Waals surface area (Å²) in [6, 6.07) is 5.55. The molecule has 3 heteroatoms. The molecule has 22 heavy (non-hydrogen) atoms. The van der Waals surface area contributed by atoms with Gasteiger partial charge in [-0.2, -0.15) is 0 Å². The van der Waals surface area contributed by atoms with E-state index in [9.17, 15) is 4.79 Å². The first-order valence-corrected chi connectivity index (χ1v) is 8.22. The van der Waals surface area contributed by atoms with Crippen LogP contribution in [0.4, 0.5) is 0 Å². The third-order valence-electron chi connectivity index (χ3n) is 4.00.